The second-order valence-electron chi connectivity index (χ2n) is 3.13. The predicted molar refractivity (Wildman–Crippen MR) is 55.5 cm³/mol. The third-order valence-electron chi connectivity index (χ3n) is 2.04. The summed E-state index contributed by atoms with van der Waals surface area (Å²) in [6.07, 6.45) is 6.47. The molecule has 5 heteroatoms. The molecule has 2 aromatic heterocycles. The molecule has 0 amide bonds. The molecule has 0 spiro atoms. The maximum Gasteiger partial charge on any atom is 0.307 e. The van der Waals surface area contributed by atoms with Gasteiger partial charge in [-0.05, 0) is 12.0 Å². The number of hydrogen-bond acceptors (Lipinski definition) is 3. The Hall–Kier alpha value is -1.36. The highest BCUT2D eigenvalue weighted by atomic mass is 32.1. The first-order valence-electron chi connectivity index (χ1n) is 4.37. The molecule has 0 saturated heterocycles. The predicted octanol–water partition coefficient (Wildman–Crippen LogP) is 0.886. The van der Waals surface area contributed by atoms with Gasteiger partial charge in [-0.1, -0.05) is 11.3 Å². The minimum atomic E-state index is 0.105. The lowest BCUT2D eigenvalue weighted by molar-refractivity contribution is 0.685. The summed E-state index contributed by atoms with van der Waals surface area (Å²) in [7, 11) is 1.89. The van der Waals surface area contributed by atoms with E-state index in [1.165, 1.54) is 11.3 Å². The molecule has 0 bridgehead atoms. The number of aromatic nitrogens is 3. The molecule has 0 aliphatic carbocycles. The van der Waals surface area contributed by atoms with Crippen LogP contribution in [0.15, 0.2) is 28.8 Å². The van der Waals surface area contributed by atoms with Crippen molar-refractivity contribution in [1.82, 2.24) is 14.3 Å². The molecule has 0 aromatic carbocycles. The summed E-state index contributed by atoms with van der Waals surface area (Å²) in [5.74, 6) is 0. The van der Waals surface area contributed by atoms with Gasteiger partial charge in [0.15, 0.2) is 0 Å². The molecule has 2 heterocycles. The standard InChI is InChI=1S/C9H11N3OS/c1-11-7-8(6-10-11)2-3-12-4-5-14-9(12)13/h4-7H,2-3H2,1H3. The first kappa shape index (κ1) is 9.21. The van der Waals surface area contributed by atoms with Crippen molar-refractivity contribution in [2.75, 3.05) is 0 Å². The van der Waals surface area contributed by atoms with Crippen LogP contribution in [0.3, 0.4) is 0 Å². The van der Waals surface area contributed by atoms with Crippen LogP contribution < -0.4 is 4.87 Å². The van der Waals surface area contributed by atoms with Gasteiger partial charge in [-0.25, -0.2) is 0 Å². The molecule has 0 aliphatic rings. The molecule has 0 atom stereocenters. The zero-order chi connectivity index (χ0) is 9.97. The van der Waals surface area contributed by atoms with Crippen LogP contribution >= 0.6 is 11.3 Å². The summed E-state index contributed by atoms with van der Waals surface area (Å²) in [4.78, 5) is 11.3. The van der Waals surface area contributed by atoms with E-state index in [-0.39, 0.29) is 4.87 Å². The molecule has 0 saturated carbocycles. The summed E-state index contributed by atoms with van der Waals surface area (Å²) < 4.78 is 3.49. The van der Waals surface area contributed by atoms with Crippen LogP contribution in [0.1, 0.15) is 5.56 Å². The lowest BCUT2D eigenvalue weighted by Gasteiger charge is -1.97. The molecule has 0 radical (unpaired) electrons. The smallest absolute Gasteiger partial charge is 0.306 e. The molecule has 74 valence electrons. The average Bonchev–Trinajstić information content (AvgIpc) is 2.72. The van der Waals surface area contributed by atoms with Gasteiger partial charge >= 0.3 is 4.87 Å². The lowest BCUT2D eigenvalue weighted by Crippen LogP contribution is -2.13. The van der Waals surface area contributed by atoms with E-state index in [0.717, 1.165) is 18.5 Å². The molecule has 4 nitrogen and oxygen atoms in total. The molecule has 2 rings (SSSR count). The third-order valence-corrected chi connectivity index (χ3v) is 2.74. The Labute approximate surface area is 85.4 Å². The van der Waals surface area contributed by atoms with Crippen molar-refractivity contribution in [3.63, 3.8) is 0 Å². The second-order valence-corrected chi connectivity index (χ2v) is 3.99. The SMILES string of the molecule is Cn1cc(CCn2ccsc2=O)cn1. The van der Waals surface area contributed by atoms with E-state index in [0.29, 0.717) is 0 Å². The fourth-order valence-electron chi connectivity index (χ4n) is 1.31. The van der Waals surface area contributed by atoms with Gasteiger partial charge < -0.3 is 4.57 Å². The maximum absolute atomic E-state index is 11.2. The largest absolute Gasteiger partial charge is 0.307 e. The normalized spacial score (nSPS) is 10.6. The Morgan fingerprint density at radius 3 is 3.00 bits per heavy atom. The number of thiazole rings is 1. The summed E-state index contributed by atoms with van der Waals surface area (Å²) in [6.45, 7) is 0.730. The van der Waals surface area contributed by atoms with Gasteiger partial charge in [-0.3, -0.25) is 9.48 Å². The van der Waals surface area contributed by atoms with Gasteiger partial charge in [-0.15, -0.1) is 0 Å². The van der Waals surface area contributed by atoms with E-state index in [2.05, 4.69) is 5.10 Å². The molecule has 0 unspecified atom stereocenters. The summed E-state index contributed by atoms with van der Waals surface area (Å²) in [6, 6.07) is 0. The van der Waals surface area contributed by atoms with Crippen molar-refractivity contribution in [2.24, 2.45) is 7.05 Å². The number of rotatable bonds is 3. The highest BCUT2D eigenvalue weighted by Crippen LogP contribution is 1.99. The maximum atomic E-state index is 11.2. The molecular weight excluding hydrogens is 198 g/mol. The highest BCUT2D eigenvalue weighted by Gasteiger charge is 1.99. The van der Waals surface area contributed by atoms with Gasteiger partial charge in [0.2, 0.25) is 0 Å². The minimum Gasteiger partial charge on any atom is -0.306 e. The first-order chi connectivity index (χ1) is 6.75. The van der Waals surface area contributed by atoms with Gasteiger partial charge in [0.1, 0.15) is 0 Å². The van der Waals surface area contributed by atoms with Crippen LogP contribution in [0.5, 0.6) is 0 Å². The highest BCUT2D eigenvalue weighted by molar-refractivity contribution is 7.07. The fourth-order valence-corrected chi connectivity index (χ4v) is 1.92. The number of nitrogens with zero attached hydrogens (tertiary/aromatic N) is 3. The second kappa shape index (κ2) is 3.79. The van der Waals surface area contributed by atoms with E-state index >= 15 is 0 Å². The van der Waals surface area contributed by atoms with Crippen molar-refractivity contribution in [1.29, 1.82) is 0 Å². The van der Waals surface area contributed by atoms with Crippen LogP contribution in [-0.2, 0) is 20.0 Å². The molecule has 0 aliphatic heterocycles. The van der Waals surface area contributed by atoms with Crippen molar-refractivity contribution < 1.29 is 0 Å². The van der Waals surface area contributed by atoms with Crippen LogP contribution in [0.2, 0.25) is 0 Å². The molecule has 0 fully saturated rings. The van der Waals surface area contributed by atoms with Crippen LogP contribution in [0.25, 0.3) is 0 Å². The van der Waals surface area contributed by atoms with Gasteiger partial charge in [-0.2, -0.15) is 5.10 Å². The van der Waals surface area contributed by atoms with Gasteiger partial charge in [0, 0.05) is 31.4 Å². The van der Waals surface area contributed by atoms with Crippen molar-refractivity contribution in [2.45, 2.75) is 13.0 Å². The van der Waals surface area contributed by atoms with Gasteiger partial charge in [0.25, 0.3) is 0 Å². The lowest BCUT2D eigenvalue weighted by atomic mass is 10.2. The monoisotopic (exact) mass is 209 g/mol. The number of hydrogen-bond donors (Lipinski definition) is 0. The van der Waals surface area contributed by atoms with Crippen molar-refractivity contribution in [3.05, 3.63) is 39.2 Å². The van der Waals surface area contributed by atoms with Crippen molar-refractivity contribution in [3.8, 4) is 0 Å². The summed E-state index contributed by atoms with van der Waals surface area (Å²) >= 11 is 1.23. The van der Waals surface area contributed by atoms with Crippen LogP contribution in [0, 0.1) is 0 Å². The molecule has 0 N–H and O–H groups in total. The minimum absolute atomic E-state index is 0.105. The van der Waals surface area contributed by atoms with E-state index in [1.807, 2.05) is 31.0 Å². The van der Waals surface area contributed by atoms with Crippen LogP contribution in [0.4, 0.5) is 0 Å². The third kappa shape index (κ3) is 1.93. The fraction of sp³-hybridized carbons (Fsp3) is 0.333. The Balaban J connectivity index is 2.01. The number of aryl methyl sites for hydroxylation is 3. The molecule has 2 aromatic rings. The van der Waals surface area contributed by atoms with E-state index in [9.17, 15) is 4.79 Å². The molecular formula is C9H11N3OS. The van der Waals surface area contributed by atoms with Crippen molar-refractivity contribution >= 4 is 11.3 Å². The summed E-state index contributed by atoms with van der Waals surface area (Å²) in [5.41, 5.74) is 1.16. The average molecular weight is 209 g/mol. The Kier molecular flexibility index (Phi) is 2.49. The van der Waals surface area contributed by atoms with Gasteiger partial charge in [0.05, 0.1) is 6.20 Å². The first-order valence-corrected chi connectivity index (χ1v) is 5.25. The zero-order valence-electron chi connectivity index (χ0n) is 7.88. The summed E-state index contributed by atoms with van der Waals surface area (Å²) in [5, 5.41) is 5.88. The Morgan fingerprint density at radius 1 is 1.57 bits per heavy atom. The topological polar surface area (TPSA) is 39.8 Å². The van der Waals surface area contributed by atoms with Crippen LogP contribution in [-0.4, -0.2) is 14.3 Å². The van der Waals surface area contributed by atoms with E-state index < -0.39 is 0 Å². The van der Waals surface area contributed by atoms with E-state index in [4.69, 9.17) is 0 Å². The quantitative estimate of drug-likeness (QED) is 0.753. The molecule has 14 heavy (non-hydrogen) atoms. The Bertz CT molecular complexity index is 468. The Morgan fingerprint density at radius 2 is 2.43 bits per heavy atom. The van der Waals surface area contributed by atoms with E-state index in [1.54, 1.807) is 9.25 Å². The zero-order valence-corrected chi connectivity index (χ0v) is 8.70.